The first-order chi connectivity index (χ1) is 34.5. The molecule has 13 heteroatoms. The Balaban J connectivity index is 1.02. The molecule has 0 saturated carbocycles. The highest BCUT2D eigenvalue weighted by molar-refractivity contribution is 6.10. The van der Waals surface area contributed by atoms with E-state index in [2.05, 4.69) is 20.8 Å². The van der Waals surface area contributed by atoms with Crippen LogP contribution in [-0.2, 0) is 0 Å². The second-order valence-corrected chi connectivity index (χ2v) is 16.6. The number of hydrogen-bond acceptors (Lipinski definition) is 12. The quantitative estimate of drug-likeness (QED) is 0.0231. The topological polar surface area (TPSA) is 161 Å². The lowest BCUT2D eigenvalue weighted by Gasteiger charge is -2.21. The van der Waals surface area contributed by atoms with E-state index in [0.29, 0.717) is 42.3 Å². The summed E-state index contributed by atoms with van der Waals surface area (Å²) in [6.45, 7) is 7.66. The summed E-state index contributed by atoms with van der Waals surface area (Å²) in [6, 6.07) is 37.1. The van der Waals surface area contributed by atoms with Gasteiger partial charge in [-0.2, -0.15) is 0 Å². The fourth-order valence-corrected chi connectivity index (χ4v) is 7.01. The smallest absolute Gasteiger partial charge is 0.343 e. The Hall–Kier alpha value is -8.06. The van der Waals surface area contributed by atoms with E-state index in [1.165, 1.54) is 102 Å². The number of carbonyl (C=O) groups is 6. The van der Waals surface area contributed by atoms with E-state index < -0.39 is 35.7 Å². The monoisotopic (exact) mass is 961 g/mol. The minimum absolute atomic E-state index is 0.174. The van der Waals surface area contributed by atoms with Crippen molar-refractivity contribution in [3.8, 4) is 34.5 Å². The average molecular weight is 962 g/mol. The number of hydrogen-bond donors (Lipinski definition) is 0. The summed E-state index contributed by atoms with van der Waals surface area (Å²) >= 11 is 0. The molecule has 368 valence electrons. The third-order valence-corrected chi connectivity index (χ3v) is 11.2. The molecule has 6 aromatic rings. The molecule has 0 saturated heterocycles. The molecule has 71 heavy (non-hydrogen) atoms. The number of esters is 4. The molecule has 0 aliphatic carbocycles. The van der Waals surface area contributed by atoms with Gasteiger partial charge in [-0.3, -0.25) is 14.5 Å². The summed E-state index contributed by atoms with van der Waals surface area (Å²) < 4.78 is 33.4. The summed E-state index contributed by atoms with van der Waals surface area (Å²) in [5, 5.41) is 0. The molecule has 0 radical (unpaired) electrons. The van der Waals surface area contributed by atoms with Gasteiger partial charge in [0.2, 0.25) is 0 Å². The number of nitrogens with zero attached hydrogens (tertiary/aromatic N) is 1. The van der Waals surface area contributed by atoms with Gasteiger partial charge < -0.3 is 28.4 Å². The largest absolute Gasteiger partial charge is 0.494 e. The molecular weight excluding hydrogens is 903 g/mol. The molecule has 0 atom stereocenters. The van der Waals surface area contributed by atoms with Crippen LogP contribution in [-0.4, -0.2) is 60.4 Å². The van der Waals surface area contributed by atoms with Crippen molar-refractivity contribution in [2.24, 2.45) is 0 Å². The van der Waals surface area contributed by atoms with Crippen LogP contribution in [0, 0.1) is 0 Å². The number of carbonyl (C=O) groups excluding carboxylic acids is 6. The molecule has 0 spiro atoms. The zero-order chi connectivity index (χ0) is 50.4. The minimum Gasteiger partial charge on any atom is -0.494 e. The van der Waals surface area contributed by atoms with Crippen molar-refractivity contribution in [3.63, 3.8) is 0 Å². The predicted molar refractivity (Wildman–Crippen MR) is 268 cm³/mol. The molecule has 0 N–H and O–H groups in total. The molecule has 0 aliphatic heterocycles. The van der Waals surface area contributed by atoms with Gasteiger partial charge in [-0.15, -0.1) is 0 Å². The van der Waals surface area contributed by atoms with Crippen LogP contribution in [0.4, 0.5) is 0 Å². The summed E-state index contributed by atoms with van der Waals surface area (Å²) in [5.74, 6) is -1.36. The van der Waals surface area contributed by atoms with Crippen LogP contribution >= 0.6 is 0 Å². The Morgan fingerprint density at radius 2 is 0.563 bits per heavy atom. The van der Waals surface area contributed by atoms with E-state index >= 15 is 0 Å². The van der Waals surface area contributed by atoms with Crippen LogP contribution in [0.3, 0.4) is 0 Å². The lowest BCUT2D eigenvalue weighted by molar-refractivity contribution is 0.0610. The molecule has 6 aromatic carbocycles. The SMILES string of the molecule is CCCCCCCCN(C(=O)c1ccc(OC(=O)c2ccc(OC(=O)c3ccc(OCCCC)cc3)cc2)cc1)C(=O)c1ccc(OC(=O)c2ccc(OC(=O)c3ccc(OCCCC)cc3)cc2)cc1. The third-order valence-electron chi connectivity index (χ3n) is 11.2. The van der Waals surface area contributed by atoms with Crippen molar-refractivity contribution < 1.29 is 57.2 Å². The van der Waals surface area contributed by atoms with Gasteiger partial charge in [0.25, 0.3) is 11.8 Å². The van der Waals surface area contributed by atoms with Crippen molar-refractivity contribution in [1.82, 2.24) is 4.90 Å². The van der Waals surface area contributed by atoms with Gasteiger partial charge in [0.1, 0.15) is 34.5 Å². The molecule has 13 nitrogen and oxygen atoms in total. The molecule has 0 aliphatic rings. The van der Waals surface area contributed by atoms with Crippen molar-refractivity contribution in [2.45, 2.75) is 85.0 Å². The Labute approximate surface area is 414 Å². The number of benzene rings is 6. The van der Waals surface area contributed by atoms with Crippen LogP contribution in [0.5, 0.6) is 34.5 Å². The van der Waals surface area contributed by atoms with E-state index in [9.17, 15) is 28.8 Å². The van der Waals surface area contributed by atoms with Gasteiger partial charge >= 0.3 is 23.9 Å². The van der Waals surface area contributed by atoms with Crippen LogP contribution in [0.2, 0.25) is 0 Å². The maximum Gasteiger partial charge on any atom is 0.343 e. The van der Waals surface area contributed by atoms with Gasteiger partial charge in [-0.25, -0.2) is 19.2 Å². The maximum absolute atomic E-state index is 14.0. The Kier molecular flexibility index (Phi) is 20.1. The number of ether oxygens (including phenoxy) is 6. The standard InChI is InChI=1S/C58H59NO12/c1-4-7-10-11-12-13-38-59(53(60)41-14-30-49(31-15-41)68-57(64)45-22-34-51(35-23-45)70-55(62)43-18-26-47(27-19-43)66-39-8-5-2)54(61)42-16-32-50(33-17-42)69-58(65)46-24-36-52(37-25-46)71-56(63)44-20-28-48(29-21-44)67-40-9-6-3/h14-37H,4-13,38-40H2,1-3H3. The van der Waals surface area contributed by atoms with E-state index in [4.69, 9.17) is 28.4 Å². The van der Waals surface area contributed by atoms with Crippen molar-refractivity contribution in [3.05, 3.63) is 179 Å². The fourth-order valence-electron chi connectivity index (χ4n) is 7.01. The Bertz CT molecular complexity index is 2500. The van der Waals surface area contributed by atoms with E-state index in [-0.39, 0.29) is 51.8 Å². The fraction of sp³-hybridized carbons (Fsp3) is 0.276. The van der Waals surface area contributed by atoms with E-state index in [0.717, 1.165) is 57.8 Å². The van der Waals surface area contributed by atoms with Crippen molar-refractivity contribution in [2.75, 3.05) is 19.8 Å². The Morgan fingerprint density at radius 1 is 0.310 bits per heavy atom. The highest BCUT2D eigenvalue weighted by Crippen LogP contribution is 2.23. The summed E-state index contributed by atoms with van der Waals surface area (Å²) in [7, 11) is 0. The van der Waals surface area contributed by atoms with Crippen molar-refractivity contribution in [1.29, 1.82) is 0 Å². The first-order valence-electron chi connectivity index (χ1n) is 24.2. The molecular formula is C58H59NO12. The molecule has 0 bridgehead atoms. The normalized spacial score (nSPS) is 10.7. The molecule has 2 amide bonds. The van der Waals surface area contributed by atoms with E-state index in [1.54, 1.807) is 48.5 Å². The summed E-state index contributed by atoms with van der Waals surface area (Å²) in [4.78, 5) is 80.7. The maximum atomic E-state index is 14.0. The summed E-state index contributed by atoms with van der Waals surface area (Å²) in [6.07, 6.45) is 9.56. The number of unbranched alkanes of at least 4 members (excludes halogenated alkanes) is 7. The molecule has 0 aromatic heterocycles. The number of rotatable bonds is 25. The Morgan fingerprint density at radius 3 is 0.859 bits per heavy atom. The van der Waals surface area contributed by atoms with Crippen LogP contribution in [0.15, 0.2) is 146 Å². The van der Waals surface area contributed by atoms with Crippen LogP contribution in [0.25, 0.3) is 0 Å². The first kappa shape index (κ1) is 52.3. The number of amides is 2. The number of imide groups is 1. The van der Waals surface area contributed by atoms with Crippen molar-refractivity contribution >= 4 is 35.7 Å². The lowest BCUT2D eigenvalue weighted by Crippen LogP contribution is -2.37. The van der Waals surface area contributed by atoms with Gasteiger partial charge in [0, 0.05) is 17.7 Å². The zero-order valence-corrected chi connectivity index (χ0v) is 40.4. The molecule has 0 fully saturated rings. The summed E-state index contributed by atoms with van der Waals surface area (Å²) in [5.41, 5.74) is 1.52. The predicted octanol–water partition coefficient (Wildman–Crippen LogP) is 12.6. The van der Waals surface area contributed by atoms with Crippen LogP contribution in [0.1, 0.15) is 147 Å². The van der Waals surface area contributed by atoms with Gasteiger partial charge in [0.05, 0.1) is 35.5 Å². The molecule has 0 heterocycles. The second-order valence-electron chi connectivity index (χ2n) is 16.6. The molecule has 0 unspecified atom stereocenters. The third kappa shape index (κ3) is 16.0. The second kappa shape index (κ2) is 27.2. The zero-order valence-electron chi connectivity index (χ0n) is 40.4. The highest BCUT2D eigenvalue weighted by Gasteiger charge is 2.25. The van der Waals surface area contributed by atoms with Crippen LogP contribution < -0.4 is 28.4 Å². The van der Waals surface area contributed by atoms with Gasteiger partial charge in [-0.05, 0) is 165 Å². The van der Waals surface area contributed by atoms with E-state index in [1.807, 2.05) is 0 Å². The minimum atomic E-state index is -0.669. The highest BCUT2D eigenvalue weighted by atomic mass is 16.5. The average Bonchev–Trinajstić information content (AvgIpc) is 3.39. The van der Waals surface area contributed by atoms with Gasteiger partial charge in [-0.1, -0.05) is 65.7 Å². The first-order valence-corrected chi connectivity index (χ1v) is 24.2. The van der Waals surface area contributed by atoms with Gasteiger partial charge in [0.15, 0.2) is 0 Å². The molecule has 6 rings (SSSR count). The lowest BCUT2D eigenvalue weighted by atomic mass is 10.1.